The van der Waals surface area contributed by atoms with Crippen LogP contribution in [-0.2, 0) is 12.7 Å². The van der Waals surface area contributed by atoms with Crippen molar-refractivity contribution in [1.29, 1.82) is 0 Å². The van der Waals surface area contributed by atoms with Crippen LogP contribution in [0.5, 0.6) is 5.75 Å². The molecule has 0 atom stereocenters. The van der Waals surface area contributed by atoms with Gasteiger partial charge < -0.3 is 14.5 Å². The van der Waals surface area contributed by atoms with Gasteiger partial charge >= 0.3 is 6.18 Å². The van der Waals surface area contributed by atoms with Gasteiger partial charge in [0.15, 0.2) is 0 Å². The van der Waals surface area contributed by atoms with E-state index in [0.29, 0.717) is 67.3 Å². The van der Waals surface area contributed by atoms with Crippen molar-refractivity contribution in [1.82, 2.24) is 14.8 Å². The molecular weight excluding hydrogens is 505 g/mol. The largest absolute Gasteiger partial charge is 0.492 e. The van der Waals surface area contributed by atoms with Gasteiger partial charge in [-0.15, -0.1) is 0 Å². The zero-order chi connectivity index (χ0) is 28.0. The summed E-state index contributed by atoms with van der Waals surface area (Å²) >= 11 is 0. The van der Waals surface area contributed by atoms with E-state index in [2.05, 4.69) is 14.8 Å². The van der Waals surface area contributed by atoms with Crippen LogP contribution >= 0.6 is 0 Å². The monoisotopic (exact) mass is 540 g/mol. The highest BCUT2D eigenvalue weighted by molar-refractivity contribution is 5.94. The van der Waals surface area contributed by atoms with E-state index >= 15 is 0 Å². The Labute approximate surface area is 228 Å². The lowest BCUT2D eigenvalue weighted by molar-refractivity contribution is -0.137. The predicted octanol–water partition coefficient (Wildman–Crippen LogP) is 5.97. The normalized spacial score (nSPS) is 14.4. The zero-order valence-electron chi connectivity index (χ0n) is 22.7. The molecule has 1 aliphatic heterocycles. The van der Waals surface area contributed by atoms with Gasteiger partial charge in [0.25, 0.3) is 5.91 Å². The minimum absolute atomic E-state index is 0.0252. The van der Waals surface area contributed by atoms with Gasteiger partial charge in [0.2, 0.25) is 0 Å². The Balaban J connectivity index is 1.44. The Morgan fingerprint density at radius 1 is 0.923 bits per heavy atom. The molecule has 0 saturated carbocycles. The van der Waals surface area contributed by atoms with Crippen molar-refractivity contribution in [3.05, 3.63) is 77.6 Å². The lowest BCUT2D eigenvalue weighted by Crippen LogP contribution is -2.46. The van der Waals surface area contributed by atoms with Crippen molar-refractivity contribution < 1.29 is 22.7 Å². The minimum atomic E-state index is -4.45. The Hall–Kier alpha value is -3.59. The first kappa shape index (κ1) is 28.4. The van der Waals surface area contributed by atoms with Crippen LogP contribution in [0.15, 0.2) is 60.9 Å². The van der Waals surface area contributed by atoms with Gasteiger partial charge in [-0.3, -0.25) is 14.7 Å². The second kappa shape index (κ2) is 12.5. The lowest BCUT2D eigenvalue weighted by atomic mass is 10.00. The second-order valence-electron chi connectivity index (χ2n) is 9.55. The fourth-order valence-corrected chi connectivity index (χ4v) is 4.87. The zero-order valence-corrected chi connectivity index (χ0v) is 22.7. The summed E-state index contributed by atoms with van der Waals surface area (Å²) in [5, 5.41) is 0. The summed E-state index contributed by atoms with van der Waals surface area (Å²) in [6.45, 7) is 10.9. The molecule has 9 heteroatoms. The summed E-state index contributed by atoms with van der Waals surface area (Å²) in [6, 6.07) is 13.6. The number of hydrogen-bond donors (Lipinski definition) is 0. The van der Waals surface area contributed by atoms with E-state index in [1.165, 1.54) is 12.1 Å². The average Bonchev–Trinajstić information content (AvgIpc) is 2.94. The van der Waals surface area contributed by atoms with Gasteiger partial charge in [-0.25, -0.2) is 0 Å². The number of rotatable bonds is 9. The maximum Gasteiger partial charge on any atom is 0.416 e. The van der Waals surface area contributed by atoms with Crippen LogP contribution in [0.2, 0.25) is 0 Å². The van der Waals surface area contributed by atoms with Crippen LogP contribution in [0.25, 0.3) is 11.1 Å². The highest BCUT2D eigenvalue weighted by Gasteiger charge is 2.31. The summed E-state index contributed by atoms with van der Waals surface area (Å²) in [5.74, 6) is 0.549. The number of anilines is 1. The number of alkyl halides is 3. The molecule has 39 heavy (non-hydrogen) atoms. The quantitative estimate of drug-likeness (QED) is 0.335. The summed E-state index contributed by atoms with van der Waals surface area (Å²) in [5.41, 5.74) is 2.69. The Morgan fingerprint density at radius 2 is 1.62 bits per heavy atom. The lowest BCUT2D eigenvalue weighted by Gasteiger charge is -2.36. The number of aromatic nitrogens is 1. The van der Waals surface area contributed by atoms with Gasteiger partial charge in [-0.2, -0.15) is 13.2 Å². The van der Waals surface area contributed by atoms with Gasteiger partial charge in [0.05, 0.1) is 18.4 Å². The smallest absolute Gasteiger partial charge is 0.416 e. The molecule has 1 fully saturated rings. The van der Waals surface area contributed by atoms with E-state index in [-0.39, 0.29) is 5.91 Å². The molecule has 6 nitrogen and oxygen atoms in total. The SMILES string of the molecule is CCOc1cncc(-c2cc(CN3CCN(c4ccc(C(=O)N(CC)CC)cc4)CC3)cc(C(F)(F)F)c2)c1. The van der Waals surface area contributed by atoms with Crippen molar-refractivity contribution in [2.75, 3.05) is 50.8 Å². The number of carbonyl (C=O) groups is 1. The number of hydrogen-bond acceptors (Lipinski definition) is 5. The topological polar surface area (TPSA) is 48.9 Å². The van der Waals surface area contributed by atoms with Gasteiger partial charge in [-0.05, 0) is 80.4 Å². The van der Waals surface area contributed by atoms with Crippen molar-refractivity contribution >= 4 is 11.6 Å². The fourth-order valence-electron chi connectivity index (χ4n) is 4.87. The summed E-state index contributed by atoms with van der Waals surface area (Å²) in [6.07, 6.45) is -1.34. The molecule has 0 radical (unpaired) electrons. The number of ether oxygens (including phenoxy) is 1. The van der Waals surface area contributed by atoms with E-state index in [1.54, 1.807) is 29.4 Å². The number of piperazine rings is 1. The summed E-state index contributed by atoms with van der Waals surface area (Å²) < 4.78 is 46.8. The highest BCUT2D eigenvalue weighted by Crippen LogP contribution is 2.34. The van der Waals surface area contributed by atoms with Gasteiger partial charge in [0, 0.05) is 68.8 Å². The minimum Gasteiger partial charge on any atom is -0.492 e. The molecule has 1 amide bonds. The maximum atomic E-state index is 13.8. The molecule has 0 unspecified atom stereocenters. The number of nitrogens with zero attached hydrogens (tertiary/aromatic N) is 4. The Morgan fingerprint density at radius 3 is 2.23 bits per heavy atom. The van der Waals surface area contributed by atoms with Crippen LogP contribution in [0.1, 0.15) is 42.3 Å². The molecule has 2 heterocycles. The van der Waals surface area contributed by atoms with Crippen molar-refractivity contribution in [3.8, 4) is 16.9 Å². The van der Waals surface area contributed by atoms with Gasteiger partial charge in [0.1, 0.15) is 5.75 Å². The molecule has 1 aromatic heterocycles. The molecule has 4 rings (SSSR count). The standard InChI is InChI=1S/C30H35F3N4O2/c1-4-36(5-2)29(38)23-7-9-27(10-8-23)37-13-11-35(12-14-37)21-22-15-24(17-26(16-22)30(31,32)33)25-18-28(39-6-3)20-34-19-25/h7-10,15-20H,4-6,11-14,21H2,1-3H3. The summed E-state index contributed by atoms with van der Waals surface area (Å²) in [4.78, 5) is 22.9. The Kier molecular flexibility index (Phi) is 9.12. The third-order valence-electron chi connectivity index (χ3n) is 6.99. The van der Waals surface area contributed by atoms with E-state index in [1.807, 2.05) is 45.0 Å². The molecule has 1 aliphatic rings. The third-order valence-corrected chi connectivity index (χ3v) is 6.99. The molecule has 2 aromatic carbocycles. The summed E-state index contributed by atoms with van der Waals surface area (Å²) in [7, 11) is 0. The molecule has 0 aliphatic carbocycles. The first-order valence-corrected chi connectivity index (χ1v) is 13.4. The number of benzene rings is 2. The van der Waals surface area contributed by atoms with E-state index in [0.717, 1.165) is 18.8 Å². The average molecular weight is 541 g/mol. The molecule has 208 valence electrons. The number of pyridine rings is 1. The third kappa shape index (κ3) is 7.09. The van der Waals surface area contributed by atoms with E-state index in [4.69, 9.17) is 4.74 Å². The molecule has 3 aromatic rings. The van der Waals surface area contributed by atoms with Crippen LogP contribution < -0.4 is 9.64 Å². The fraction of sp³-hybridized carbons (Fsp3) is 0.400. The van der Waals surface area contributed by atoms with Crippen LogP contribution in [0, 0.1) is 0 Å². The van der Waals surface area contributed by atoms with Crippen molar-refractivity contribution in [2.45, 2.75) is 33.5 Å². The second-order valence-corrected chi connectivity index (χ2v) is 9.55. The van der Waals surface area contributed by atoms with Crippen LogP contribution in [0.4, 0.5) is 18.9 Å². The molecular formula is C30H35F3N4O2. The predicted molar refractivity (Wildman–Crippen MR) is 147 cm³/mol. The Bertz CT molecular complexity index is 1250. The van der Waals surface area contributed by atoms with Crippen molar-refractivity contribution in [3.63, 3.8) is 0 Å². The number of halogens is 3. The molecule has 1 saturated heterocycles. The first-order chi connectivity index (χ1) is 18.7. The van der Waals surface area contributed by atoms with Gasteiger partial charge in [-0.1, -0.05) is 0 Å². The first-order valence-electron chi connectivity index (χ1n) is 13.4. The number of carbonyl (C=O) groups excluding carboxylic acids is 1. The van der Waals surface area contributed by atoms with Crippen LogP contribution in [-0.4, -0.2) is 66.6 Å². The maximum absolute atomic E-state index is 13.8. The number of amides is 1. The molecule has 0 N–H and O–H groups in total. The molecule has 0 spiro atoms. The highest BCUT2D eigenvalue weighted by atomic mass is 19.4. The van der Waals surface area contributed by atoms with Crippen molar-refractivity contribution in [2.24, 2.45) is 0 Å². The van der Waals surface area contributed by atoms with E-state index < -0.39 is 11.7 Å². The molecule has 0 bridgehead atoms. The van der Waals surface area contributed by atoms with E-state index in [9.17, 15) is 18.0 Å². The van der Waals surface area contributed by atoms with Crippen LogP contribution in [0.3, 0.4) is 0 Å².